The number of benzene rings is 1. The minimum absolute atomic E-state index is 0.567. The number of rotatable bonds is 1. The minimum Gasteiger partial charge on any atom is -0.263 e. The molecule has 1 aromatic rings. The van der Waals surface area contributed by atoms with E-state index >= 15 is 0 Å². The second-order valence-electron chi connectivity index (χ2n) is 1.79. The molecule has 0 unspecified atom stereocenters. The van der Waals surface area contributed by atoms with Crippen LogP contribution >= 0.6 is 0 Å². The first-order valence-electron chi connectivity index (χ1n) is 2.84. The maximum Gasteiger partial charge on any atom is 0.101 e. The first-order chi connectivity index (χ1) is 4.88. The maximum atomic E-state index is 8.51. The molecule has 0 amide bonds. The Morgan fingerprint density at radius 2 is 2.10 bits per heavy atom. The molecule has 0 atom stereocenters. The van der Waals surface area contributed by atoms with Crippen LogP contribution in [-0.2, 0) is 0 Å². The maximum absolute atomic E-state index is 8.51. The van der Waals surface area contributed by atoms with Gasteiger partial charge in [-0.1, -0.05) is 12.1 Å². The predicted octanol–water partition coefficient (Wildman–Crippen LogP) is 1.89. The highest BCUT2D eigenvalue weighted by Crippen LogP contribution is 2.15. The van der Waals surface area contributed by atoms with Crippen molar-refractivity contribution in [2.45, 2.75) is 0 Å². The molecule has 2 nitrogen and oxygen atoms in total. The van der Waals surface area contributed by atoms with Gasteiger partial charge in [0.05, 0.1) is 11.3 Å². The van der Waals surface area contributed by atoms with Gasteiger partial charge in [0, 0.05) is 0 Å². The molecule has 0 aromatic heterocycles. The average Bonchev–Trinajstić information content (AvgIpc) is 2.04. The number of hydrogen-bond donors (Lipinski definition) is 0. The smallest absolute Gasteiger partial charge is 0.101 e. The summed E-state index contributed by atoms with van der Waals surface area (Å²) in [5.41, 5.74) is 1.21. The Bertz CT molecular complexity index is 284. The van der Waals surface area contributed by atoms with Crippen molar-refractivity contribution in [2.75, 3.05) is 0 Å². The lowest BCUT2D eigenvalue weighted by Gasteiger charge is -1.91. The van der Waals surface area contributed by atoms with E-state index in [1.54, 1.807) is 18.2 Å². The largest absolute Gasteiger partial charge is 0.263 e. The molecule has 48 valence electrons. The fraction of sp³-hybridized carbons (Fsp3) is 0. The molecule has 0 aliphatic carbocycles. The van der Waals surface area contributed by atoms with Crippen molar-refractivity contribution < 1.29 is 0 Å². The van der Waals surface area contributed by atoms with Gasteiger partial charge in [0.15, 0.2) is 0 Å². The highest BCUT2D eigenvalue weighted by molar-refractivity contribution is 5.56. The lowest BCUT2D eigenvalue weighted by molar-refractivity contribution is 1.45. The second-order valence-corrected chi connectivity index (χ2v) is 1.79. The molecule has 2 heteroatoms. The van der Waals surface area contributed by atoms with Gasteiger partial charge in [0.2, 0.25) is 0 Å². The SMILES string of the molecule is C=Nc1ccccc1C#N. The fourth-order valence-electron chi connectivity index (χ4n) is 0.706. The molecule has 0 saturated heterocycles. The highest BCUT2D eigenvalue weighted by atomic mass is 14.7. The van der Waals surface area contributed by atoms with Crippen molar-refractivity contribution in [2.24, 2.45) is 4.99 Å². The van der Waals surface area contributed by atoms with Gasteiger partial charge < -0.3 is 0 Å². The van der Waals surface area contributed by atoms with Crippen LogP contribution in [0.15, 0.2) is 29.3 Å². The van der Waals surface area contributed by atoms with Gasteiger partial charge in [0.1, 0.15) is 6.07 Å². The molecule has 0 N–H and O–H groups in total. The van der Waals surface area contributed by atoms with E-state index in [0.717, 1.165) is 0 Å². The molecule has 10 heavy (non-hydrogen) atoms. The third-order valence-corrected chi connectivity index (χ3v) is 1.19. The standard InChI is InChI=1S/C8H6N2/c1-10-8-5-3-2-4-7(8)6-9/h2-5H,1H2. The molecule has 0 aliphatic heterocycles. The highest BCUT2D eigenvalue weighted by Gasteiger charge is 1.93. The molecule has 0 saturated carbocycles. The van der Waals surface area contributed by atoms with E-state index in [0.29, 0.717) is 11.3 Å². The fourth-order valence-corrected chi connectivity index (χ4v) is 0.706. The first-order valence-corrected chi connectivity index (χ1v) is 2.84. The van der Waals surface area contributed by atoms with Gasteiger partial charge in [0.25, 0.3) is 0 Å². The number of hydrogen-bond acceptors (Lipinski definition) is 2. The van der Waals surface area contributed by atoms with Crippen molar-refractivity contribution >= 4 is 12.4 Å². The van der Waals surface area contributed by atoms with Crippen molar-refractivity contribution in [3.8, 4) is 6.07 Å². The van der Waals surface area contributed by atoms with Gasteiger partial charge in [-0.2, -0.15) is 5.26 Å². The summed E-state index contributed by atoms with van der Waals surface area (Å²) in [6, 6.07) is 9.10. The zero-order chi connectivity index (χ0) is 7.40. The van der Waals surface area contributed by atoms with Crippen molar-refractivity contribution in [3.63, 3.8) is 0 Å². The summed E-state index contributed by atoms with van der Waals surface area (Å²) in [6.45, 7) is 3.34. The summed E-state index contributed by atoms with van der Waals surface area (Å²) >= 11 is 0. The van der Waals surface area contributed by atoms with Crippen LogP contribution in [0.4, 0.5) is 5.69 Å². The van der Waals surface area contributed by atoms with E-state index in [2.05, 4.69) is 11.7 Å². The van der Waals surface area contributed by atoms with Crippen molar-refractivity contribution in [1.29, 1.82) is 5.26 Å². The minimum atomic E-state index is 0.567. The van der Waals surface area contributed by atoms with Crippen LogP contribution in [-0.4, -0.2) is 6.72 Å². The Morgan fingerprint density at radius 1 is 1.40 bits per heavy atom. The van der Waals surface area contributed by atoms with Gasteiger partial charge in [-0.05, 0) is 18.9 Å². The summed E-state index contributed by atoms with van der Waals surface area (Å²) in [5.74, 6) is 0. The van der Waals surface area contributed by atoms with Crippen LogP contribution < -0.4 is 0 Å². The Morgan fingerprint density at radius 3 is 2.60 bits per heavy atom. The van der Waals surface area contributed by atoms with Gasteiger partial charge in [-0.25, -0.2) is 0 Å². The summed E-state index contributed by atoms with van der Waals surface area (Å²) in [4.78, 5) is 3.67. The van der Waals surface area contributed by atoms with Crippen molar-refractivity contribution in [1.82, 2.24) is 0 Å². The predicted molar refractivity (Wildman–Crippen MR) is 40.4 cm³/mol. The van der Waals surface area contributed by atoms with E-state index in [1.165, 1.54) is 0 Å². The Labute approximate surface area is 59.4 Å². The normalized spacial score (nSPS) is 8.30. The molecule has 1 rings (SSSR count). The average molecular weight is 130 g/mol. The number of para-hydroxylation sites is 1. The lowest BCUT2D eigenvalue weighted by Crippen LogP contribution is -1.72. The molecular weight excluding hydrogens is 124 g/mol. The molecule has 0 fully saturated rings. The van der Waals surface area contributed by atoms with Crippen LogP contribution in [0, 0.1) is 11.3 Å². The van der Waals surface area contributed by atoms with E-state index in [4.69, 9.17) is 5.26 Å². The van der Waals surface area contributed by atoms with Crippen LogP contribution in [0.1, 0.15) is 5.56 Å². The van der Waals surface area contributed by atoms with Gasteiger partial charge in [-0.3, -0.25) is 4.99 Å². The summed E-state index contributed by atoms with van der Waals surface area (Å²) < 4.78 is 0. The summed E-state index contributed by atoms with van der Waals surface area (Å²) in [6.07, 6.45) is 0. The summed E-state index contributed by atoms with van der Waals surface area (Å²) in [5, 5.41) is 8.51. The molecule has 0 heterocycles. The van der Waals surface area contributed by atoms with Crippen LogP contribution in [0.3, 0.4) is 0 Å². The van der Waals surface area contributed by atoms with E-state index in [9.17, 15) is 0 Å². The summed E-state index contributed by atoms with van der Waals surface area (Å²) in [7, 11) is 0. The third kappa shape index (κ3) is 1.03. The number of nitrogens with zero attached hydrogens (tertiary/aromatic N) is 2. The zero-order valence-corrected chi connectivity index (χ0v) is 5.41. The Kier molecular flexibility index (Phi) is 1.81. The molecule has 0 aliphatic rings. The molecule has 0 radical (unpaired) electrons. The quantitative estimate of drug-likeness (QED) is 0.535. The monoisotopic (exact) mass is 130 g/mol. The van der Waals surface area contributed by atoms with Gasteiger partial charge >= 0.3 is 0 Å². The topological polar surface area (TPSA) is 36.1 Å². The van der Waals surface area contributed by atoms with Crippen LogP contribution in [0.25, 0.3) is 0 Å². The molecule has 0 bridgehead atoms. The van der Waals surface area contributed by atoms with Crippen LogP contribution in [0.5, 0.6) is 0 Å². The number of aliphatic imine (C=N–C) groups is 1. The lowest BCUT2D eigenvalue weighted by atomic mass is 10.2. The van der Waals surface area contributed by atoms with E-state index < -0.39 is 0 Å². The number of nitriles is 1. The Hall–Kier alpha value is -1.62. The second kappa shape index (κ2) is 2.79. The first kappa shape index (κ1) is 6.50. The van der Waals surface area contributed by atoms with E-state index in [1.807, 2.05) is 12.1 Å². The Balaban J connectivity index is 3.24. The molecule has 1 aromatic carbocycles. The van der Waals surface area contributed by atoms with Crippen LogP contribution in [0.2, 0.25) is 0 Å². The third-order valence-electron chi connectivity index (χ3n) is 1.19. The van der Waals surface area contributed by atoms with E-state index in [-0.39, 0.29) is 0 Å². The van der Waals surface area contributed by atoms with Crippen molar-refractivity contribution in [3.05, 3.63) is 29.8 Å². The van der Waals surface area contributed by atoms with Gasteiger partial charge in [-0.15, -0.1) is 0 Å². The zero-order valence-electron chi connectivity index (χ0n) is 5.41. The molecule has 0 spiro atoms. The molecular formula is C8H6N2.